The van der Waals surface area contributed by atoms with Gasteiger partial charge in [-0.05, 0) is 42.3 Å². The molecule has 0 spiro atoms. The summed E-state index contributed by atoms with van der Waals surface area (Å²) in [6.07, 6.45) is 1.01. The lowest BCUT2D eigenvalue weighted by Crippen LogP contribution is -1.96. The van der Waals surface area contributed by atoms with Crippen LogP contribution >= 0.6 is 11.6 Å². The van der Waals surface area contributed by atoms with Crippen molar-refractivity contribution in [3.63, 3.8) is 0 Å². The molecule has 0 saturated heterocycles. The molecule has 0 saturated carbocycles. The smallest absolute Gasteiger partial charge is 0.0632 e. The van der Waals surface area contributed by atoms with Crippen molar-refractivity contribution in [2.24, 2.45) is 0 Å². The molecule has 0 radical (unpaired) electrons. The monoisotopic (exact) mass is 246 g/mol. The highest BCUT2D eigenvalue weighted by atomic mass is 35.5. The van der Waals surface area contributed by atoms with E-state index in [4.69, 9.17) is 17.3 Å². The Labute approximate surface area is 106 Å². The van der Waals surface area contributed by atoms with Gasteiger partial charge in [-0.2, -0.15) is 0 Å². The highest BCUT2D eigenvalue weighted by Crippen LogP contribution is 2.26. The molecule has 0 atom stereocenters. The molecule has 3 heteroatoms. The molecule has 0 aliphatic heterocycles. The van der Waals surface area contributed by atoms with Gasteiger partial charge in [0.25, 0.3) is 0 Å². The molecular weight excluding hydrogens is 232 g/mol. The van der Waals surface area contributed by atoms with Crippen LogP contribution in [0.1, 0.15) is 12.5 Å². The Hall–Kier alpha value is -1.67. The van der Waals surface area contributed by atoms with Crippen LogP contribution < -0.4 is 11.1 Å². The van der Waals surface area contributed by atoms with E-state index in [-0.39, 0.29) is 0 Å². The molecular formula is C14H15ClN2. The van der Waals surface area contributed by atoms with Crippen LogP contribution in [0.25, 0.3) is 0 Å². The lowest BCUT2D eigenvalue weighted by Gasteiger charge is -2.10. The van der Waals surface area contributed by atoms with Gasteiger partial charge in [-0.1, -0.05) is 30.7 Å². The molecule has 0 bridgehead atoms. The van der Waals surface area contributed by atoms with Crippen LogP contribution in [0, 0.1) is 0 Å². The molecule has 88 valence electrons. The van der Waals surface area contributed by atoms with Crippen LogP contribution in [0.3, 0.4) is 0 Å². The van der Waals surface area contributed by atoms with Crippen molar-refractivity contribution < 1.29 is 0 Å². The third-order valence-corrected chi connectivity index (χ3v) is 2.86. The van der Waals surface area contributed by atoms with Crippen molar-refractivity contribution in [2.75, 3.05) is 11.1 Å². The number of nitrogen functional groups attached to an aromatic ring is 1. The van der Waals surface area contributed by atoms with Crippen LogP contribution in [0.5, 0.6) is 0 Å². The third-order valence-electron chi connectivity index (χ3n) is 2.63. The summed E-state index contributed by atoms with van der Waals surface area (Å²) in [5.74, 6) is 0. The van der Waals surface area contributed by atoms with Crippen LogP contribution in [-0.4, -0.2) is 0 Å². The fourth-order valence-electron chi connectivity index (χ4n) is 1.66. The molecule has 0 fully saturated rings. The first-order chi connectivity index (χ1) is 8.19. The molecule has 0 amide bonds. The molecule has 2 rings (SSSR count). The summed E-state index contributed by atoms with van der Waals surface area (Å²) in [6, 6.07) is 13.7. The number of aryl methyl sites for hydroxylation is 1. The Kier molecular flexibility index (Phi) is 3.55. The second-order valence-electron chi connectivity index (χ2n) is 3.91. The quantitative estimate of drug-likeness (QED) is 0.796. The summed E-state index contributed by atoms with van der Waals surface area (Å²) in [5, 5.41) is 3.95. The third kappa shape index (κ3) is 2.92. The Morgan fingerprint density at radius 1 is 1.18 bits per heavy atom. The largest absolute Gasteiger partial charge is 0.397 e. The van der Waals surface area contributed by atoms with Crippen molar-refractivity contribution in [1.82, 2.24) is 0 Å². The van der Waals surface area contributed by atoms with Gasteiger partial charge >= 0.3 is 0 Å². The first-order valence-electron chi connectivity index (χ1n) is 5.60. The van der Waals surface area contributed by atoms with Gasteiger partial charge in [0, 0.05) is 10.7 Å². The van der Waals surface area contributed by atoms with E-state index in [0.29, 0.717) is 10.7 Å². The van der Waals surface area contributed by atoms with Gasteiger partial charge < -0.3 is 11.1 Å². The highest BCUT2D eigenvalue weighted by molar-refractivity contribution is 6.31. The van der Waals surface area contributed by atoms with E-state index < -0.39 is 0 Å². The van der Waals surface area contributed by atoms with E-state index in [0.717, 1.165) is 17.8 Å². The summed E-state index contributed by atoms with van der Waals surface area (Å²) in [4.78, 5) is 0. The fraction of sp³-hybridized carbons (Fsp3) is 0.143. The van der Waals surface area contributed by atoms with Gasteiger partial charge in [0.2, 0.25) is 0 Å². The van der Waals surface area contributed by atoms with Gasteiger partial charge in [0.05, 0.1) is 11.4 Å². The Bertz CT molecular complexity index is 523. The Balaban J connectivity index is 2.27. The summed E-state index contributed by atoms with van der Waals surface area (Å²) in [7, 11) is 0. The number of benzene rings is 2. The maximum Gasteiger partial charge on any atom is 0.0632 e. The number of halogens is 1. The minimum Gasteiger partial charge on any atom is -0.397 e. The van der Waals surface area contributed by atoms with Gasteiger partial charge in [-0.25, -0.2) is 0 Å². The first-order valence-corrected chi connectivity index (χ1v) is 5.98. The van der Waals surface area contributed by atoms with E-state index in [1.807, 2.05) is 18.2 Å². The Morgan fingerprint density at radius 2 is 2.00 bits per heavy atom. The first kappa shape index (κ1) is 11.8. The van der Waals surface area contributed by atoms with E-state index in [9.17, 15) is 0 Å². The SMILES string of the molecule is CCc1cccc(Nc2cc(Cl)ccc2N)c1. The van der Waals surface area contributed by atoms with Gasteiger partial charge in [-0.15, -0.1) is 0 Å². The molecule has 0 aliphatic rings. The number of hydrogen-bond acceptors (Lipinski definition) is 2. The zero-order valence-corrected chi connectivity index (χ0v) is 10.5. The van der Waals surface area contributed by atoms with E-state index in [2.05, 4.69) is 24.4 Å². The number of anilines is 3. The summed E-state index contributed by atoms with van der Waals surface area (Å²) in [6.45, 7) is 2.13. The van der Waals surface area contributed by atoms with Crippen molar-refractivity contribution in [3.8, 4) is 0 Å². The summed E-state index contributed by atoms with van der Waals surface area (Å²) < 4.78 is 0. The molecule has 2 aromatic carbocycles. The lowest BCUT2D eigenvalue weighted by atomic mass is 10.1. The van der Waals surface area contributed by atoms with Crippen molar-refractivity contribution in [2.45, 2.75) is 13.3 Å². The molecule has 0 aromatic heterocycles. The molecule has 0 heterocycles. The standard InChI is InChI=1S/C14H15ClN2/c1-2-10-4-3-5-12(8-10)17-14-9-11(15)6-7-13(14)16/h3-9,17H,2,16H2,1H3. The minimum atomic E-state index is 0.674. The average molecular weight is 247 g/mol. The Morgan fingerprint density at radius 3 is 2.76 bits per heavy atom. The predicted molar refractivity (Wildman–Crippen MR) is 75.0 cm³/mol. The second-order valence-corrected chi connectivity index (χ2v) is 4.35. The summed E-state index contributed by atoms with van der Waals surface area (Å²) in [5.41, 5.74) is 9.73. The number of nitrogens with two attached hydrogens (primary N) is 1. The second kappa shape index (κ2) is 5.11. The highest BCUT2D eigenvalue weighted by Gasteiger charge is 2.01. The van der Waals surface area contributed by atoms with E-state index in [1.54, 1.807) is 12.1 Å². The van der Waals surface area contributed by atoms with Gasteiger partial charge in [-0.3, -0.25) is 0 Å². The van der Waals surface area contributed by atoms with Crippen LogP contribution in [-0.2, 0) is 6.42 Å². The van der Waals surface area contributed by atoms with Crippen LogP contribution in [0.2, 0.25) is 5.02 Å². The molecule has 0 aliphatic carbocycles. The topological polar surface area (TPSA) is 38.0 Å². The zero-order chi connectivity index (χ0) is 12.3. The average Bonchev–Trinajstić information content (AvgIpc) is 2.34. The minimum absolute atomic E-state index is 0.674. The molecule has 3 N–H and O–H groups in total. The van der Waals surface area contributed by atoms with Gasteiger partial charge in [0.15, 0.2) is 0 Å². The van der Waals surface area contributed by atoms with Crippen molar-refractivity contribution >= 4 is 28.7 Å². The summed E-state index contributed by atoms with van der Waals surface area (Å²) >= 11 is 5.95. The van der Waals surface area contributed by atoms with Crippen molar-refractivity contribution in [3.05, 3.63) is 53.1 Å². The molecule has 0 unspecified atom stereocenters. The number of nitrogens with one attached hydrogen (secondary N) is 1. The zero-order valence-electron chi connectivity index (χ0n) is 9.70. The number of hydrogen-bond donors (Lipinski definition) is 2. The molecule has 2 nitrogen and oxygen atoms in total. The van der Waals surface area contributed by atoms with E-state index >= 15 is 0 Å². The van der Waals surface area contributed by atoms with Crippen LogP contribution in [0.15, 0.2) is 42.5 Å². The molecule has 17 heavy (non-hydrogen) atoms. The van der Waals surface area contributed by atoms with E-state index in [1.165, 1.54) is 5.56 Å². The van der Waals surface area contributed by atoms with Crippen molar-refractivity contribution in [1.29, 1.82) is 0 Å². The fourth-order valence-corrected chi connectivity index (χ4v) is 1.83. The lowest BCUT2D eigenvalue weighted by molar-refractivity contribution is 1.14. The van der Waals surface area contributed by atoms with Gasteiger partial charge in [0.1, 0.15) is 0 Å². The maximum atomic E-state index is 5.95. The number of rotatable bonds is 3. The predicted octanol–water partition coefficient (Wildman–Crippen LogP) is 4.23. The van der Waals surface area contributed by atoms with Crippen LogP contribution in [0.4, 0.5) is 17.1 Å². The molecule has 2 aromatic rings. The normalized spacial score (nSPS) is 10.2. The maximum absolute atomic E-state index is 5.95.